The topological polar surface area (TPSA) is 70.6 Å². The Labute approximate surface area is 77.5 Å². The molecular formula is C8H16N2O3. The lowest BCUT2D eigenvalue weighted by Crippen LogP contribution is -2.42. The molecule has 0 aliphatic carbocycles. The van der Waals surface area contributed by atoms with Crippen LogP contribution in [0.25, 0.3) is 0 Å². The summed E-state index contributed by atoms with van der Waals surface area (Å²) in [5, 5.41) is 14.9. The van der Waals surface area contributed by atoms with Gasteiger partial charge in [0, 0.05) is 38.8 Å². The molecule has 5 nitrogen and oxygen atoms in total. The van der Waals surface area contributed by atoms with Crippen molar-refractivity contribution in [2.24, 2.45) is 5.92 Å². The smallest absolute Gasteiger partial charge is 0.246 e. The normalized spacial score (nSPS) is 27.5. The first-order chi connectivity index (χ1) is 6.27. The van der Waals surface area contributed by atoms with Crippen LogP contribution in [0.4, 0.5) is 0 Å². The van der Waals surface area contributed by atoms with Crippen molar-refractivity contribution < 1.29 is 14.6 Å². The highest BCUT2D eigenvalue weighted by molar-refractivity contribution is 5.77. The molecule has 13 heavy (non-hydrogen) atoms. The Bertz CT molecular complexity index is 175. The Balaban J connectivity index is 2.30. The van der Waals surface area contributed by atoms with Crippen LogP contribution in [0, 0.1) is 5.92 Å². The molecule has 1 saturated heterocycles. The zero-order chi connectivity index (χ0) is 9.68. The maximum atomic E-state index is 11.1. The number of hydrogen-bond donors (Lipinski definition) is 3. The second-order valence-electron chi connectivity index (χ2n) is 3.21. The first-order valence-corrected chi connectivity index (χ1v) is 4.37. The highest BCUT2D eigenvalue weighted by atomic mass is 16.5. The Morgan fingerprint density at radius 1 is 1.69 bits per heavy atom. The van der Waals surface area contributed by atoms with Crippen molar-refractivity contribution in [2.45, 2.75) is 6.04 Å². The molecule has 0 saturated carbocycles. The lowest BCUT2D eigenvalue weighted by atomic mass is 10.1. The van der Waals surface area contributed by atoms with E-state index in [1.807, 2.05) is 0 Å². The fourth-order valence-electron chi connectivity index (χ4n) is 1.47. The first-order valence-electron chi connectivity index (χ1n) is 4.37. The fourth-order valence-corrected chi connectivity index (χ4v) is 1.47. The van der Waals surface area contributed by atoms with Gasteiger partial charge in [-0.1, -0.05) is 0 Å². The predicted molar refractivity (Wildman–Crippen MR) is 47.3 cm³/mol. The van der Waals surface area contributed by atoms with Gasteiger partial charge in [0.1, 0.15) is 6.61 Å². The number of ether oxygens (including phenoxy) is 1. The number of nitrogens with one attached hydrogen (secondary N) is 2. The van der Waals surface area contributed by atoms with Gasteiger partial charge in [0.15, 0.2) is 0 Å². The van der Waals surface area contributed by atoms with E-state index in [1.54, 1.807) is 0 Å². The minimum atomic E-state index is -0.130. The molecule has 1 heterocycles. The molecule has 5 heteroatoms. The van der Waals surface area contributed by atoms with Crippen molar-refractivity contribution in [1.29, 1.82) is 0 Å². The summed E-state index contributed by atoms with van der Waals surface area (Å²) in [7, 11) is 1.48. The Morgan fingerprint density at radius 3 is 3.08 bits per heavy atom. The molecule has 0 unspecified atom stereocenters. The molecule has 0 radical (unpaired) electrons. The van der Waals surface area contributed by atoms with Crippen LogP contribution in [0.2, 0.25) is 0 Å². The molecule has 3 N–H and O–H groups in total. The third kappa shape index (κ3) is 2.95. The number of carbonyl (C=O) groups excluding carboxylic acids is 1. The molecule has 0 spiro atoms. The molecule has 1 amide bonds. The van der Waals surface area contributed by atoms with Gasteiger partial charge in [0.05, 0.1) is 0 Å². The van der Waals surface area contributed by atoms with Crippen LogP contribution in [-0.4, -0.2) is 50.5 Å². The van der Waals surface area contributed by atoms with Crippen LogP contribution in [0.3, 0.4) is 0 Å². The maximum absolute atomic E-state index is 11.1. The molecule has 1 rings (SSSR count). The van der Waals surface area contributed by atoms with Gasteiger partial charge in [0.25, 0.3) is 0 Å². The van der Waals surface area contributed by atoms with Gasteiger partial charge in [-0.3, -0.25) is 4.79 Å². The van der Waals surface area contributed by atoms with Crippen LogP contribution in [-0.2, 0) is 9.53 Å². The summed E-state index contributed by atoms with van der Waals surface area (Å²) < 4.78 is 4.69. The number of aliphatic hydroxyl groups excluding tert-OH is 1. The number of carbonyl (C=O) groups is 1. The maximum Gasteiger partial charge on any atom is 0.246 e. The van der Waals surface area contributed by atoms with Crippen molar-refractivity contribution in [2.75, 3.05) is 33.4 Å². The van der Waals surface area contributed by atoms with E-state index in [1.165, 1.54) is 7.11 Å². The number of hydrogen-bond acceptors (Lipinski definition) is 4. The summed E-state index contributed by atoms with van der Waals surface area (Å²) in [6.45, 7) is 1.66. The molecule has 0 aromatic heterocycles. The van der Waals surface area contributed by atoms with E-state index >= 15 is 0 Å². The van der Waals surface area contributed by atoms with E-state index in [4.69, 9.17) is 5.11 Å². The number of amides is 1. The van der Waals surface area contributed by atoms with Gasteiger partial charge in [-0.05, 0) is 0 Å². The van der Waals surface area contributed by atoms with E-state index in [0.29, 0.717) is 0 Å². The predicted octanol–water partition coefficient (Wildman–Crippen LogP) is -1.67. The Kier molecular flexibility index (Phi) is 4.14. The van der Waals surface area contributed by atoms with Crippen LogP contribution in [0.15, 0.2) is 0 Å². The van der Waals surface area contributed by atoms with E-state index in [0.717, 1.165) is 13.1 Å². The largest absolute Gasteiger partial charge is 0.396 e. The average molecular weight is 188 g/mol. The quantitative estimate of drug-likeness (QED) is 0.493. The standard InChI is InChI=1S/C8H16N2O3/c1-13-5-8(12)10-7-3-9-2-6(7)4-11/h6-7,9,11H,2-5H2,1H3,(H,10,12)/t6-,7+/m0/s1. The number of rotatable bonds is 4. The van der Waals surface area contributed by atoms with Gasteiger partial charge < -0.3 is 20.5 Å². The molecule has 76 valence electrons. The summed E-state index contributed by atoms with van der Waals surface area (Å²) in [4.78, 5) is 11.1. The third-order valence-corrected chi connectivity index (χ3v) is 2.20. The second kappa shape index (κ2) is 5.16. The summed E-state index contributed by atoms with van der Waals surface area (Å²) in [5.74, 6) is -0.00421. The average Bonchev–Trinajstić information content (AvgIpc) is 2.52. The van der Waals surface area contributed by atoms with Crippen molar-refractivity contribution in [1.82, 2.24) is 10.6 Å². The van der Waals surface area contributed by atoms with Crippen LogP contribution < -0.4 is 10.6 Å². The summed E-state index contributed by atoms with van der Waals surface area (Å²) in [6.07, 6.45) is 0. The van der Waals surface area contributed by atoms with Gasteiger partial charge in [-0.15, -0.1) is 0 Å². The third-order valence-electron chi connectivity index (χ3n) is 2.20. The SMILES string of the molecule is COCC(=O)N[C@@H]1CNC[C@H]1CO. The van der Waals surface area contributed by atoms with E-state index in [9.17, 15) is 4.79 Å². The van der Waals surface area contributed by atoms with Gasteiger partial charge in [0.2, 0.25) is 5.91 Å². The zero-order valence-electron chi connectivity index (χ0n) is 7.75. The van der Waals surface area contributed by atoms with Crippen LogP contribution in [0.1, 0.15) is 0 Å². The minimum absolute atomic E-state index is 0.0349. The number of aliphatic hydroxyl groups is 1. The monoisotopic (exact) mass is 188 g/mol. The lowest BCUT2D eigenvalue weighted by molar-refractivity contribution is -0.125. The van der Waals surface area contributed by atoms with Crippen molar-refractivity contribution in [3.8, 4) is 0 Å². The molecule has 2 atom stereocenters. The minimum Gasteiger partial charge on any atom is -0.396 e. The second-order valence-corrected chi connectivity index (χ2v) is 3.21. The molecule has 0 bridgehead atoms. The lowest BCUT2D eigenvalue weighted by Gasteiger charge is -2.17. The summed E-state index contributed by atoms with van der Waals surface area (Å²) in [6, 6.07) is 0.0349. The first kappa shape index (κ1) is 10.4. The van der Waals surface area contributed by atoms with E-state index in [-0.39, 0.29) is 31.1 Å². The van der Waals surface area contributed by atoms with Gasteiger partial charge in [-0.25, -0.2) is 0 Å². The highest BCUT2D eigenvalue weighted by Crippen LogP contribution is 2.07. The van der Waals surface area contributed by atoms with Gasteiger partial charge >= 0.3 is 0 Å². The summed E-state index contributed by atoms with van der Waals surface area (Å²) in [5.41, 5.74) is 0. The highest BCUT2D eigenvalue weighted by Gasteiger charge is 2.27. The van der Waals surface area contributed by atoms with Crippen molar-refractivity contribution in [3.63, 3.8) is 0 Å². The van der Waals surface area contributed by atoms with Gasteiger partial charge in [-0.2, -0.15) is 0 Å². The Morgan fingerprint density at radius 2 is 2.46 bits per heavy atom. The molecular weight excluding hydrogens is 172 g/mol. The van der Waals surface area contributed by atoms with Crippen LogP contribution in [0.5, 0.6) is 0 Å². The number of methoxy groups -OCH3 is 1. The summed E-state index contributed by atoms with van der Waals surface area (Å²) >= 11 is 0. The van der Waals surface area contributed by atoms with E-state index < -0.39 is 0 Å². The molecule has 1 aliphatic heterocycles. The molecule has 1 aliphatic rings. The molecule has 1 fully saturated rings. The van der Waals surface area contributed by atoms with Crippen LogP contribution >= 0.6 is 0 Å². The zero-order valence-corrected chi connectivity index (χ0v) is 7.75. The van der Waals surface area contributed by atoms with Crippen molar-refractivity contribution in [3.05, 3.63) is 0 Å². The Hall–Kier alpha value is -0.650. The fraction of sp³-hybridized carbons (Fsp3) is 0.875. The van der Waals surface area contributed by atoms with Crippen molar-refractivity contribution >= 4 is 5.91 Å². The molecule has 0 aromatic rings. The van der Waals surface area contributed by atoms with E-state index in [2.05, 4.69) is 15.4 Å². The molecule has 0 aromatic carbocycles.